The van der Waals surface area contributed by atoms with Crippen LogP contribution in [0.15, 0.2) is 6.33 Å². The van der Waals surface area contributed by atoms with E-state index in [2.05, 4.69) is 20.5 Å². The third kappa shape index (κ3) is 2.66. The molecule has 1 aromatic heterocycles. The minimum Gasteiger partial charge on any atom is -0.349 e. The predicted molar refractivity (Wildman–Crippen MR) is 63.2 cm³/mol. The van der Waals surface area contributed by atoms with E-state index >= 15 is 0 Å². The van der Waals surface area contributed by atoms with Gasteiger partial charge < -0.3 is 10.2 Å². The van der Waals surface area contributed by atoms with Crippen LogP contribution in [0.3, 0.4) is 0 Å². The molecule has 0 bridgehead atoms. The van der Waals surface area contributed by atoms with Gasteiger partial charge in [0.1, 0.15) is 12.2 Å². The molecule has 1 unspecified atom stereocenters. The van der Waals surface area contributed by atoms with Gasteiger partial charge in [0.2, 0.25) is 11.8 Å². The molecule has 1 atom stereocenters. The minimum absolute atomic E-state index is 0.0461. The maximum atomic E-state index is 11.9. The topological polar surface area (TPSA) is 91.0 Å². The molecule has 2 rings (SSSR count). The quantitative estimate of drug-likeness (QED) is 0.767. The van der Waals surface area contributed by atoms with Gasteiger partial charge in [-0.3, -0.25) is 14.7 Å². The van der Waals surface area contributed by atoms with Gasteiger partial charge >= 0.3 is 0 Å². The monoisotopic (exact) mass is 251 g/mol. The average Bonchev–Trinajstić information content (AvgIpc) is 2.94. The lowest BCUT2D eigenvalue weighted by atomic mass is 10.1. The first-order valence-electron chi connectivity index (χ1n) is 5.99. The second-order valence-electron chi connectivity index (χ2n) is 4.69. The summed E-state index contributed by atoms with van der Waals surface area (Å²) in [7, 11) is 0. The number of nitrogens with zero attached hydrogens (tertiary/aromatic N) is 3. The molecule has 98 valence electrons. The lowest BCUT2D eigenvalue weighted by Gasteiger charge is -2.20. The Balaban J connectivity index is 1.85. The number of rotatable bonds is 4. The Morgan fingerprint density at radius 3 is 3.00 bits per heavy atom. The number of hydrogen-bond donors (Lipinski definition) is 2. The molecule has 0 radical (unpaired) electrons. The van der Waals surface area contributed by atoms with Crippen molar-refractivity contribution in [1.82, 2.24) is 25.4 Å². The van der Waals surface area contributed by atoms with Crippen molar-refractivity contribution in [2.24, 2.45) is 5.92 Å². The molecule has 0 saturated carbocycles. The Bertz CT molecular complexity index is 429. The molecule has 1 aliphatic heterocycles. The molecule has 1 aliphatic rings. The normalized spacial score (nSPS) is 19.6. The first-order chi connectivity index (χ1) is 8.58. The first kappa shape index (κ1) is 12.5. The summed E-state index contributed by atoms with van der Waals surface area (Å²) in [5.41, 5.74) is 0. The molecule has 1 saturated heterocycles. The number of aromatic nitrogens is 3. The van der Waals surface area contributed by atoms with Gasteiger partial charge in [-0.25, -0.2) is 4.98 Å². The van der Waals surface area contributed by atoms with Crippen LogP contribution in [0.5, 0.6) is 0 Å². The Kier molecular flexibility index (Phi) is 3.59. The number of aromatic amines is 1. The average molecular weight is 251 g/mol. The van der Waals surface area contributed by atoms with E-state index in [1.165, 1.54) is 6.33 Å². The summed E-state index contributed by atoms with van der Waals surface area (Å²) in [4.78, 5) is 29.2. The van der Waals surface area contributed by atoms with Gasteiger partial charge in [0, 0.05) is 19.0 Å². The van der Waals surface area contributed by atoms with E-state index in [1.807, 2.05) is 13.8 Å². The number of amides is 2. The summed E-state index contributed by atoms with van der Waals surface area (Å²) < 4.78 is 0. The van der Waals surface area contributed by atoms with Crippen molar-refractivity contribution in [2.75, 3.05) is 6.54 Å². The summed E-state index contributed by atoms with van der Waals surface area (Å²) >= 11 is 0. The van der Waals surface area contributed by atoms with E-state index in [0.717, 1.165) is 0 Å². The Morgan fingerprint density at radius 1 is 1.67 bits per heavy atom. The van der Waals surface area contributed by atoms with Crippen LogP contribution in [0.25, 0.3) is 0 Å². The number of carbonyl (C=O) groups is 2. The highest BCUT2D eigenvalue weighted by Crippen LogP contribution is 2.20. The summed E-state index contributed by atoms with van der Waals surface area (Å²) in [6.45, 7) is 4.71. The second-order valence-corrected chi connectivity index (χ2v) is 4.69. The lowest BCUT2D eigenvalue weighted by molar-refractivity contribution is -0.130. The van der Waals surface area contributed by atoms with E-state index in [9.17, 15) is 9.59 Å². The third-order valence-electron chi connectivity index (χ3n) is 3.05. The summed E-state index contributed by atoms with van der Waals surface area (Å²) in [5, 5.41) is 9.12. The number of H-pyrrole nitrogens is 1. The molecule has 7 nitrogen and oxygen atoms in total. The van der Waals surface area contributed by atoms with Gasteiger partial charge in [0.05, 0.1) is 12.5 Å². The van der Waals surface area contributed by atoms with Crippen molar-refractivity contribution in [3.8, 4) is 0 Å². The minimum atomic E-state index is -0.261. The molecule has 0 spiro atoms. The molecule has 7 heteroatoms. The van der Waals surface area contributed by atoms with Crippen LogP contribution >= 0.6 is 0 Å². The molecule has 2 amide bonds. The second kappa shape index (κ2) is 5.16. The largest absolute Gasteiger partial charge is 0.349 e. The highest BCUT2D eigenvalue weighted by Gasteiger charge is 2.35. The Morgan fingerprint density at radius 2 is 2.44 bits per heavy atom. The highest BCUT2D eigenvalue weighted by atomic mass is 16.2. The number of hydrogen-bond acceptors (Lipinski definition) is 4. The van der Waals surface area contributed by atoms with Crippen LogP contribution in [0, 0.1) is 5.92 Å². The van der Waals surface area contributed by atoms with Crippen molar-refractivity contribution in [2.45, 2.75) is 32.9 Å². The molecular weight excluding hydrogens is 234 g/mol. The summed E-state index contributed by atoms with van der Waals surface area (Å²) in [6, 6.07) is 0.143. The third-order valence-corrected chi connectivity index (χ3v) is 3.05. The van der Waals surface area contributed by atoms with E-state index in [-0.39, 0.29) is 23.8 Å². The Hall–Kier alpha value is -1.92. The molecule has 2 N–H and O–H groups in total. The first-order valence-corrected chi connectivity index (χ1v) is 5.99. The standard InChI is InChI=1S/C11H17N5O2/c1-7(2)16-5-8(3-10(16)17)11(18)12-4-9-13-6-14-15-9/h6-8H,3-5H2,1-2H3,(H,12,18)(H,13,14,15). The molecule has 1 fully saturated rings. The van der Waals surface area contributed by atoms with Crippen LogP contribution in [0.2, 0.25) is 0 Å². The number of likely N-dealkylation sites (tertiary alicyclic amines) is 1. The van der Waals surface area contributed by atoms with Gasteiger partial charge in [0.25, 0.3) is 0 Å². The number of nitrogens with one attached hydrogen (secondary N) is 2. The zero-order valence-electron chi connectivity index (χ0n) is 10.5. The molecular formula is C11H17N5O2. The SMILES string of the molecule is CC(C)N1CC(C(=O)NCc2ncn[nH]2)CC1=O. The molecule has 1 aromatic rings. The van der Waals surface area contributed by atoms with Crippen molar-refractivity contribution >= 4 is 11.8 Å². The predicted octanol–water partition coefficient (Wildman–Crippen LogP) is -0.322. The molecule has 0 aromatic carbocycles. The van der Waals surface area contributed by atoms with E-state index in [1.54, 1.807) is 4.90 Å². The van der Waals surface area contributed by atoms with Gasteiger partial charge in [-0.15, -0.1) is 0 Å². The van der Waals surface area contributed by atoms with E-state index < -0.39 is 0 Å². The van der Waals surface area contributed by atoms with Crippen molar-refractivity contribution < 1.29 is 9.59 Å². The fraction of sp³-hybridized carbons (Fsp3) is 0.636. The van der Waals surface area contributed by atoms with Gasteiger partial charge in [-0.2, -0.15) is 5.10 Å². The smallest absolute Gasteiger partial charge is 0.225 e. The molecule has 2 heterocycles. The maximum Gasteiger partial charge on any atom is 0.225 e. The maximum absolute atomic E-state index is 11.9. The van der Waals surface area contributed by atoms with Gasteiger partial charge in [0.15, 0.2) is 0 Å². The van der Waals surface area contributed by atoms with Crippen LogP contribution in [0.1, 0.15) is 26.1 Å². The van der Waals surface area contributed by atoms with Crippen molar-refractivity contribution in [3.05, 3.63) is 12.2 Å². The summed E-state index contributed by atoms with van der Waals surface area (Å²) in [6.07, 6.45) is 1.68. The summed E-state index contributed by atoms with van der Waals surface area (Å²) in [5.74, 6) is 0.281. The Labute approximate surface area is 105 Å². The van der Waals surface area contributed by atoms with Crippen LogP contribution in [-0.4, -0.2) is 44.5 Å². The van der Waals surface area contributed by atoms with Crippen LogP contribution in [0.4, 0.5) is 0 Å². The van der Waals surface area contributed by atoms with Gasteiger partial charge in [-0.1, -0.05) is 0 Å². The van der Waals surface area contributed by atoms with Crippen LogP contribution < -0.4 is 5.32 Å². The van der Waals surface area contributed by atoms with Crippen molar-refractivity contribution in [3.63, 3.8) is 0 Å². The molecule has 18 heavy (non-hydrogen) atoms. The van der Waals surface area contributed by atoms with E-state index in [0.29, 0.717) is 25.3 Å². The fourth-order valence-corrected chi connectivity index (χ4v) is 2.04. The number of carbonyl (C=O) groups excluding carboxylic acids is 2. The fourth-order valence-electron chi connectivity index (χ4n) is 2.04. The molecule has 0 aliphatic carbocycles. The van der Waals surface area contributed by atoms with Crippen molar-refractivity contribution in [1.29, 1.82) is 0 Å². The highest BCUT2D eigenvalue weighted by molar-refractivity contribution is 5.89. The zero-order valence-corrected chi connectivity index (χ0v) is 10.5. The van der Waals surface area contributed by atoms with Crippen LogP contribution in [-0.2, 0) is 16.1 Å². The van der Waals surface area contributed by atoms with E-state index in [4.69, 9.17) is 0 Å². The zero-order chi connectivity index (χ0) is 13.1. The van der Waals surface area contributed by atoms with Gasteiger partial charge in [-0.05, 0) is 13.8 Å². The lowest BCUT2D eigenvalue weighted by Crippen LogP contribution is -2.35.